The van der Waals surface area contributed by atoms with Gasteiger partial charge in [-0.25, -0.2) is 4.98 Å². The molecule has 0 spiro atoms. The van der Waals surface area contributed by atoms with E-state index in [9.17, 15) is 13.2 Å². The lowest BCUT2D eigenvalue weighted by molar-refractivity contribution is -0.175. The van der Waals surface area contributed by atoms with Crippen molar-refractivity contribution in [3.8, 4) is 0 Å². The van der Waals surface area contributed by atoms with Gasteiger partial charge >= 0.3 is 6.18 Å². The molecule has 1 aliphatic rings. The van der Waals surface area contributed by atoms with E-state index >= 15 is 0 Å². The monoisotopic (exact) mass is 301 g/mol. The largest absolute Gasteiger partial charge is 0.395 e. The maximum atomic E-state index is 12.9. The van der Waals surface area contributed by atoms with Gasteiger partial charge in [-0.2, -0.15) is 13.2 Å². The Morgan fingerprint density at radius 3 is 2.90 bits per heavy atom. The van der Waals surface area contributed by atoms with E-state index in [1.165, 1.54) is 11.3 Å². The smallest absolute Gasteiger partial charge is 0.393 e. The van der Waals surface area contributed by atoms with E-state index in [-0.39, 0.29) is 13.0 Å². The maximum Gasteiger partial charge on any atom is 0.393 e. The van der Waals surface area contributed by atoms with Crippen LogP contribution in [0.5, 0.6) is 0 Å². The van der Waals surface area contributed by atoms with Crippen LogP contribution in [0.15, 0.2) is 17.6 Å². The molecule has 2 aromatic rings. The first-order valence-corrected chi connectivity index (χ1v) is 7.28. The van der Waals surface area contributed by atoms with Gasteiger partial charge in [-0.1, -0.05) is 0 Å². The Bertz CT molecular complexity index is 623. The van der Waals surface area contributed by atoms with Crippen LogP contribution in [0.4, 0.5) is 24.5 Å². The third-order valence-corrected chi connectivity index (χ3v) is 4.54. The van der Waals surface area contributed by atoms with Crippen molar-refractivity contribution in [1.29, 1.82) is 0 Å². The fourth-order valence-corrected chi connectivity index (χ4v) is 3.37. The summed E-state index contributed by atoms with van der Waals surface area (Å²) >= 11 is 1.47. The lowest BCUT2D eigenvalue weighted by Gasteiger charge is -2.35. The predicted molar refractivity (Wildman–Crippen MR) is 75.0 cm³/mol. The molecular formula is C13H14F3N3S. The number of aromatic nitrogens is 1. The summed E-state index contributed by atoms with van der Waals surface area (Å²) < 4.78 is 39.6. The van der Waals surface area contributed by atoms with Gasteiger partial charge in [0.25, 0.3) is 0 Å². The van der Waals surface area contributed by atoms with Crippen LogP contribution in [0.2, 0.25) is 0 Å². The zero-order chi connectivity index (χ0) is 14.3. The van der Waals surface area contributed by atoms with Crippen molar-refractivity contribution in [2.24, 2.45) is 5.92 Å². The fraction of sp³-hybridized carbons (Fsp3) is 0.462. The molecule has 1 unspecified atom stereocenters. The van der Waals surface area contributed by atoms with Gasteiger partial charge in [0.1, 0.15) is 5.52 Å². The van der Waals surface area contributed by atoms with Gasteiger partial charge in [-0.15, -0.1) is 11.3 Å². The van der Waals surface area contributed by atoms with Gasteiger partial charge in [0, 0.05) is 13.1 Å². The van der Waals surface area contributed by atoms with Crippen LogP contribution >= 0.6 is 11.3 Å². The van der Waals surface area contributed by atoms with E-state index in [1.54, 1.807) is 16.5 Å². The van der Waals surface area contributed by atoms with Crippen molar-refractivity contribution >= 4 is 32.9 Å². The quantitative estimate of drug-likeness (QED) is 0.817. The highest BCUT2D eigenvalue weighted by molar-refractivity contribution is 7.16. The number of nitrogen functional groups attached to an aromatic ring is 1. The fourth-order valence-electron chi connectivity index (χ4n) is 2.68. The zero-order valence-electron chi connectivity index (χ0n) is 10.7. The van der Waals surface area contributed by atoms with Gasteiger partial charge in [0.15, 0.2) is 0 Å². The molecule has 1 fully saturated rings. The molecule has 0 bridgehead atoms. The number of alkyl halides is 3. The second kappa shape index (κ2) is 4.80. The highest BCUT2D eigenvalue weighted by Crippen LogP contribution is 2.38. The number of nitrogens with zero attached hydrogens (tertiary/aromatic N) is 2. The van der Waals surface area contributed by atoms with Gasteiger partial charge in [-0.05, 0) is 25.0 Å². The van der Waals surface area contributed by atoms with Crippen molar-refractivity contribution in [3.05, 3.63) is 17.6 Å². The minimum atomic E-state index is -4.14. The number of piperidine rings is 1. The number of fused-ring (bicyclic) bond motifs is 1. The SMILES string of the molecule is Nc1c(N2CCCC(C(F)(F)F)C2)ccc2scnc12. The van der Waals surface area contributed by atoms with E-state index in [4.69, 9.17) is 5.73 Å². The van der Waals surface area contributed by atoms with Gasteiger partial charge in [-0.3, -0.25) is 0 Å². The summed E-state index contributed by atoms with van der Waals surface area (Å²) in [6.45, 7) is 0.579. The molecule has 1 aromatic carbocycles. The molecule has 3 nitrogen and oxygen atoms in total. The van der Waals surface area contributed by atoms with Crippen LogP contribution in [-0.4, -0.2) is 24.2 Å². The number of rotatable bonds is 1. The van der Waals surface area contributed by atoms with Crippen LogP contribution < -0.4 is 10.6 Å². The lowest BCUT2D eigenvalue weighted by atomic mass is 9.97. The molecule has 2 N–H and O–H groups in total. The lowest BCUT2D eigenvalue weighted by Crippen LogP contribution is -2.42. The van der Waals surface area contributed by atoms with E-state index in [1.807, 2.05) is 6.07 Å². The second-order valence-corrected chi connectivity index (χ2v) is 5.91. The number of nitrogens with two attached hydrogens (primary N) is 1. The van der Waals surface area contributed by atoms with Crippen molar-refractivity contribution in [2.75, 3.05) is 23.7 Å². The van der Waals surface area contributed by atoms with Crippen LogP contribution in [0.25, 0.3) is 10.2 Å². The third kappa shape index (κ3) is 2.30. The summed E-state index contributed by atoms with van der Waals surface area (Å²) in [5.41, 5.74) is 9.59. The molecule has 20 heavy (non-hydrogen) atoms. The molecule has 0 radical (unpaired) electrons. The number of anilines is 2. The molecule has 7 heteroatoms. The van der Waals surface area contributed by atoms with E-state index in [0.29, 0.717) is 29.9 Å². The summed E-state index contributed by atoms with van der Waals surface area (Å²) in [5, 5.41) is 0. The van der Waals surface area contributed by atoms with E-state index in [2.05, 4.69) is 4.98 Å². The van der Waals surface area contributed by atoms with Crippen molar-refractivity contribution in [2.45, 2.75) is 19.0 Å². The van der Waals surface area contributed by atoms with Crippen LogP contribution in [-0.2, 0) is 0 Å². The second-order valence-electron chi connectivity index (χ2n) is 5.02. The molecule has 1 aromatic heterocycles. The Kier molecular flexibility index (Phi) is 3.24. The Hall–Kier alpha value is -1.50. The van der Waals surface area contributed by atoms with E-state index in [0.717, 1.165) is 4.70 Å². The molecule has 0 saturated carbocycles. The highest BCUT2D eigenvalue weighted by atomic mass is 32.1. The Balaban J connectivity index is 1.92. The van der Waals surface area contributed by atoms with Crippen molar-refractivity contribution in [1.82, 2.24) is 4.98 Å². The van der Waals surface area contributed by atoms with Gasteiger partial charge < -0.3 is 10.6 Å². The Morgan fingerprint density at radius 2 is 2.15 bits per heavy atom. The van der Waals surface area contributed by atoms with Gasteiger partial charge in [0.2, 0.25) is 0 Å². The number of hydrogen-bond donors (Lipinski definition) is 1. The average Bonchev–Trinajstić information content (AvgIpc) is 2.87. The van der Waals surface area contributed by atoms with Gasteiger partial charge in [0.05, 0.1) is 27.5 Å². The van der Waals surface area contributed by atoms with Crippen LogP contribution in [0.1, 0.15) is 12.8 Å². The zero-order valence-corrected chi connectivity index (χ0v) is 11.5. The first-order chi connectivity index (χ1) is 9.47. The number of benzene rings is 1. The topological polar surface area (TPSA) is 42.1 Å². The summed E-state index contributed by atoms with van der Waals surface area (Å²) in [6, 6.07) is 3.67. The van der Waals surface area contributed by atoms with Crippen LogP contribution in [0, 0.1) is 5.92 Å². The summed E-state index contributed by atoms with van der Waals surface area (Å²) in [7, 11) is 0. The minimum Gasteiger partial charge on any atom is -0.395 e. The van der Waals surface area contributed by atoms with Crippen molar-refractivity contribution in [3.63, 3.8) is 0 Å². The maximum absolute atomic E-state index is 12.9. The van der Waals surface area contributed by atoms with Crippen molar-refractivity contribution < 1.29 is 13.2 Å². The molecule has 1 saturated heterocycles. The molecule has 0 amide bonds. The molecule has 1 atom stereocenters. The summed E-state index contributed by atoms with van der Waals surface area (Å²) in [6.07, 6.45) is -3.42. The first kappa shape index (κ1) is 13.5. The van der Waals surface area contributed by atoms with Crippen LogP contribution in [0.3, 0.4) is 0 Å². The average molecular weight is 301 g/mol. The summed E-state index contributed by atoms with van der Waals surface area (Å²) in [5.74, 6) is -1.28. The predicted octanol–water partition coefficient (Wildman–Crippen LogP) is 3.66. The molecule has 0 aliphatic carbocycles. The molecule has 1 aliphatic heterocycles. The standard InChI is InChI=1S/C13H14F3N3S/c14-13(15,16)8-2-1-5-19(6-8)9-3-4-10-12(11(9)17)18-7-20-10/h3-4,7-8H,1-2,5-6,17H2. The Labute approximate surface area is 118 Å². The molecule has 3 rings (SSSR count). The van der Waals surface area contributed by atoms with E-state index < -0.39 is 12.1 Å². The third-order valence-electron chi connectivity index (χ3n) is 3.74. The summed E-state index contributed by atoms with van der Waals surface area (Å²) in [4.78, 5) is 5.92. The number of halogens is 3. The first-order valence-electron chi connectivity index (χ1n) is 6.40. The Morgan fingerprint density at radius 1 is 1.35 bits per heavy atom. The number of hydrogen-bond acceptors (Lipinski definition) is 4. The molecular weight excluding hydrogens is 287 g/mol. The molecule has 108 valence electrons. The normalized spacial score (nSPS) is 20.6. The number of thiazole rings is 1. The highest BCUT2D eigenvalue weighted by Gasteiger charge is 2.42. The molecule has 2 heterocycles. The minimum absolute atomic E-state index is 0.0245.